The van der Waals surface area contributed by atoms with Crippen LogP contribution in [0.15, 0.2) is 78.0 Å². The first-order valence-electron chi connectivity index (χ1n) is 9.51. The van der Waals surface area contributed by atoms with Crippen molar-refractivity contribution in [2.75, 3.05) is 0 Å². The van der Waals surface area contributed by atoms with Crippen LogP contribution in [0.4, 0.5) is 4.39 Å². The fourth-order valence-corrected chi connectivity index (χ4v) is 4.54. The molecule has 1 heterocycles. The molecule has 0 N–H and O–H groups in total. The van der Waals surface area contributed by atoms with Crippen LogP contribution in [0.3, 0.4) is 0 Å². The third-order valence-corrected chi connectivity index (χ3v) is 6.11. The topological polar surface area (TPSA) is 39.9 Å². The first-order valence-corrected chi connectivity index (χ1v) is 11.3. The molecule has 158 valence electrons. The Morgan fingerprint density at radius 1 is 1.00 bits per heavy atom. The van der Waals surface area contributed by atoms with Crippen molar-refractivity contribution in [3.63, 3.8) is 0 Å². The van der Waals surface area contributed by atoms with E-state index in [2.05, 4.69) is 10.2 Å². The van der Waals surface area contributed by atoms with Crippen LogP contribution in [-0.4, -0.2) is 14.8 Å². The lowest BCUT2D eigenvalue weighted by atomic mass is 10.2. The van der Waals surface area contributed by atoms with Crippen LogP contribution in [0.25, 0.3) is 5.69 Å². The largest absolute Gasteiger partial charge is 0.480 e. The highest BCUT2D eigenvalue weighted by Crippen LogP contribution is 2.32. The monoisotopic (exact) mass is 473 g/mol. The first-order chi connectivity index (χ1) is 15.0. The number of para-hydroxylation sites is 2. The Morgan fingerprint density at radius 3 is 2.48 bits per heavy atom. The molecule has 0 aliphatic rings. The van der Waals surface area contributed by atoms with Gasteiger partial charge in [-0.05, 0) is 48.9 Å². The van der Waals surface area contributed by atoms with Gasteiger partial charge in [-0.25, -0.2) is 4.39 Å². The van der Waals surface area contributed by atoms with Gasteiger partial charge in [0, 0.05) is 21.5 Å². The summed E-state index contributed by atoms with van der Waals surface area (Å²) >= 11 is 13.8. The second-order valence-electron chi connectivity index (χ2n) is 6.73. The second kappa shape index (κ2) is 9.73. The van der Waals surface area contributed by atoms with Crippen LogP contribution in [0.2, 0.25) is 10.0 Å². The molecular formula is C23H18Cl2FN3OS. The maximum absolute atomic E-state index is 14.1. The Labute approximate surface area is 194 Å². The van der Waals surface area contributed by atoms with E-state index in [4.69, 9.17) is 27.9 Å². The minimum absolute atomic E-state index is 0.166. The molecule has 0 aliphatic carbocycles. The van der Waals surface area contributed by atoms with Crippen LogP contribution in [0.1, 0.15) is 24.4 Å². The molecule has 1 atom stereocenters. The second-order valence-corrected chi connectivity index (χ2v) is 8.51. The highest BCUT2D eigenvalue weighted by molar-refractivity contribution is 7.98. The van der Waals surface area contributed by atoms with Crippen molar-refractivity contribution in [3.05, 3.63) is 100 Å². The number of hydrogen-bond donors (Lipinski definition) is 0. The number of aromatic nitrogens is 3. The third-order valence-electron chi connectivity index (χ3n) is 4.55. The molecule has 0 aliphatic heterocycles. The number of halogens is 3. The molecular weight excluding hydrogens is 456 g/mol. The van der Waals surface area contributed by atoms with E-state index in [0.29, 0.717) is 26.8 Å². The normalized spacial score (nSPS) is 12.0. The zero-order valence-electron chi connectivity index (χ0n) is 16.5. The molecule has 0 spiro atoms. The standard InChI is InChI=1S/C23H18Cl2FN3OS/c1-15(30-21-10-6-5-9-20(21)26)22-27-28-23(29(22)18-7-3-2-4-8-18)31-14-16-11-12-17(24)13-19(16)25/h2-13,15H,14H2,1H3. The number of nitrogens with zero attached hydrogens (tertiary/aromatic N) is 3. The average molecular weight is 474 g/mol. The number of hydrogen-bond acceptors (Lipinski definition) is 4. The van der Waals surface area contributed by atoms with Gasteiger partial charge in [0.2, 0.25) is 0 Å². The molecule has 0 fully saturated rings. The number of thioether (sulfide) groups is 1. The molecule has 4 aromatic rings. The van der Waals surface area contributed by atoms with Crippen molar-refractivity contribution >= 4 is 35.0 Å². The zero-order chi connectivity index (χ0) is 21.8. The minimum atomic E-state index is -0.530. The van der Waals surface area contributed by atoms with Gasteiger partial charge in [-0.3, -0.25) is 4.57 Å². The molecule has 4 nitrogen and oxygen atoms in total. The Hall–Kier alpha value is -2.54. The van der Waals surface area contributed by atoms with Gasteiger partial charge in [-0.1, -0.05) is 71.4 Å². The highest BCUT2D eigenvalue weighted by Gasteiger charge is 2.22. The summed E-state index contributed by atoms with van der Waals surface area (Å²) in [5.74, 6) is 0.898. The minimum Gasteiger partial charge on any atom is -0.480 e. The lowest BCUT2D eigenvalue weighted by Crippen LogP contribution is -2.12. The Morgan fingerprint density at radius 2 is 1.74 bits per heavy atom. The van der Waals surface area contributed by atoms with E-state index in [-0.39, 0.29) is 5.75 Å². The SMILES string of the molecule is CC(Oc1ccccc1F)c1nnc(SCc2ccc(Cl)cc2Cl)n1-c1ccccc1. The quantitative estimate of drug-likeness (QED) is 0.267. The van der Waals surface area contributed by atoms with Crippen LogP contribution in [0.5, 0.6) is 5.75 Å². The van der Waals surface area contributed by atoms with Crippen molar-refractivity contribution in [3.8, 4) is 11.4 Å². The summed E-state index contributed by atoms with van der Waals surface area (Å²) in [4.78, 5) is 0. The zero-order valence-corrected chi connectivity index (χ0v) is 18.8. The Kier molecular flexibility index (Phi) is 6.80. The maximum Gasteiger partial charge on any atom is 0.196 e. The van der Waals surface area contributed by atoms with E-state index in [1.807, 2.05) is 47.9 Å². The van der Waals surface area contributed by atoms with Gasteiger partial charge < -0.3 is 4.74 Å². The van der Waals surface area contributed by atoms with Crippen molar-refractivity contribution in [2.45, 2.75) is 23.9 Å². The fourth-order valence-electron chi connectivity index (χ4n) is 3.02. The highest BCUT2D eigenvalue weighted by atomic mass is 35.5. The molecule has 0 bridgehead atoms. The lowest BCUT2D eigenvalue weighted by Gasteiger charge is -2.17. The number of rotatable bonds is 7. The summed E-state index contributed by atoms with van der Waals surface area (Å²) in [6.45, 7) is 1.82. The average Bonchev–Trinajstić information content (AvgIpc) is 3.19. The fraction of sp³-hybridized carbons (Fsp3) is 0.130. The van der Waals surface area contributed by atoms with Gasteiger partial charge in [0.15, 0.2) is 28.7 Å². The van der Waals surface area contributed by atoms with E-state index in [1.54, 1.807) is 30.3 Å². The summed E-state index contributed by atoms with van der Waals surface area (Å²) in [7, 11) is 0. The van der Waals surface area contributed by atoms with Gasteiger partial charge in [0.1, 0.15) is 0 Å². The third kappa shape index (κ3) is 5.03. The van der Waals surface area contributed by atoms with E-state index in [9.17, 15) is 4.39 Å². The summed E-state index contributed by atoms with van der Waals surface area (Å²) in [5, 5.41) is 10.6. The van der Waals surface area contributed by atoms with E-state index >= 15 is 0 Å². The van der Waals surface area contributed by atoms with Crippen LogP contribution in [-0.2, 0) is 5.75 Å². The van der Waals surface area contributed by atoms with Gasteiger partial charge in [-0.2, -0.15) is 0 Å². The molecule has 1 aromatic heterocycles. The van der Waals surface area contributed by atoms with Crippen molar-refractivity contribution in [1.82, 2.24) is 14.8 Å². The number of benzene rings is 3. The van der Waals surface area contributed by atoms with Crippen LogP contribution < -0.4 is 4.74 Å². The van der Waals surface area contributed by atoms with E-state index < -0.39 is 11.9 Å². The summed E-state index contributed by atoms with van der Waals surface area (Å²) in [6.07, 6.45) is -0.530. The molecule has 0 saturated heterocycles. The van der Waals surface area contributed by atoms with Crippen LogP contribution in [0, 0.1) is 5.82 Å². The van der Waals surface area contributed by atoms with Crippen molar-refractivity contribution < 1.29 is 9.13 Å². The van der Waals surface area contributed by atoms with Crippen molar-refractivity contribution in [1.29, 1.82) is 0 Å². The predicted molar refractivity (Wildman–Crippen MR) is 123 cm³/mol. The Bertz CT molecular complexity index is 1190. The molecule has 0 radical (unpaired) electrons. The van der Waals surface area contributed by atoms with Crippen molar-refractivity contribution in [2.24, 2.45) is 0 Å². The molecule has 0 saturated carbocycles. The summed E-state index contributed by atoms with van der Waals surface area (Å²) in [5.41, 5.74) is 1.83. The van der Waals surface area contributed by atoms with E-state index in [0.717, 1.165) is 11.3 Å². The molecule has 1 unspecified atom stereocenters. The summed E-state index contributed by atoms with van der Waals surface area (Å²) in [6, 6.07) is 21.5. The smallest absolute Gasteiger partial charge is 0.196 e. The Balaban J connectivity index is 1.65. The molecule has 0 amide bonds. The molecule has 3 aromatic carbocycles. The molecule has 8 heteroatoms. The predicted octanol–water partition coefficient (Wildman–Crippen LogP) is 7.15. The van der Waals surface area contributed by atoms with Crippen LogP contribution >= 0.6 is 35.0 Å². The van der Waals surface area contributed by atoms with Gasteiger partial charge in [0.25, 0.3) is 0 Å². The molecule has 31 heavy (non-hydrogen) atoms. The van der Waals surface area contributed by atoms with Gasteiger partial charge >= 0.3 is 0 Å². The number of ether oxygens (including phenoxy) is 1. The first kappa shape index (κ1) is 21.7. The van der Waals surface area contributed by atoms with E-state index in [1.165, 1.54) is 17.8 Å². The van der Waals surface area contributed by atoms with Gasteiger partial charge in [-0.15, -0.1) is 10.2 Å². The lowest BCUT2D eigenvalue weighted by molar-refractivity contribution is 0.204. The summed E-state index contributed by atoms with van der Waals surface area (Å²) < 4.78 is 21.9. The molecule has 4 rings (SSSR count). The maximum atomic E-state index is 14.1. The van der Waals surface area contributed by atoms with Gasteiger partial charge in [0.05, 0.1) is 0 Å².